The summed E-state index contributed by atoms with van der Waals surface area (Å²) in [4.78, 5) is 0. The molecule has 0 amide bonds. The number of nitrogens with one attached hydrogen (secondary N) is 2. The highest BCUT2D eigenvalue weighted by Crippen LogP contribution is 2.48. The van der Waals surface area contributed by atoms with Crippen LogP contribution in [0.1, 0.15) is 19.3 Å². The van der Waals surface area contributed by atoms with Gasteiger partial charge in [0.1, 0.15) is 0 Å². The number of fused-ring (bicyclic) bond motifs is 1. The topological polar surface area (TPSA) is 76.0 Å². The van der Waals surface area contributed by atoms with Crippen molar-refractivity contribution in [2.24, 2.45) is 5.41 Å². The van der Waals surface area contributed by atoms with Crippen LogP contribution < -0.4 is 11.1 Å². The molecule has 1 saturated carbocycles. The zero-order valence-electron chi connectivity index (χ0n) is 11.2. The third-order valence-corrected chi connectivity index (χ3v) is 4.06. The molecule has 2 aromatic rings. The first-order valence-electron chi connectivity index (χ1n) is 6.68. The summed E-state index contributed by atoms with van der Waals surface area (Å²) in [6, 6.07) is 3.99. The van der Waals surface area contributed by atoms with Crippen LogP contribution in [-0.4, -0.2) is 30.5 Å². The molecule has 1 fully saturated rings. The summed E-state index contributed by atoms with van der Waals surface area (Å²) < 4.78 is 5.17. The number of H-pyrrole nitrogens is 1. The van der Waals surface area contributed by atoms with E-state index in [1.54, 1.807) is 13.3 Å². The second-order valence-corrected chi connectivity index (χ2v) is 5.49. The molecule has 0 unspecified atom stereocenters. The van der Waals surface area contributed by atoms with Crippen LogP contribution >= 0.6 is 0 Å². The number of nitrogens with zero attached hydrogens (tertiary/aromatic N) is 1. The van der Waals surface area contributed by atoms with Crippen LogP contribution in [0.25, 0.3) is 10.9 Å². The molecule has 5 heteroatoms. The summed E-state index contributed by atoms with van der Waals surface area (Å²) in [6.07, 6.45) is 5.45. The molecule has 1 aliphatic carbocycles. The van der Waals surface area contributed by atoms with Gasteiger partial charge in [0.2, 0.25) is 0 Å². The van der Waals surface area contributed by atoms with Gasteiger partial charge >= 0.3 is 0 Å². The Morgan fingerprint density at radius 1 is 1.47 bits per heavy atom. The molecule has 1 aromatic carbocycles. The number of aromatic nitrogens is 2. The largest absolute Gasteiger partial charge is 0.397 e. The Kier molecular flexibility index (Phi) is 3.06. The first kappa shape index (κ1) is 12.3. The van der Waals surface area contributed by atoms with E-state index in [2.05, 4.69) is 15.5 Å². The van der Waals surface area contributed by atoms with Crippen molar-refractivity contribution in [2.45, 2.75) is 19.3 Å². The molecular weight excluding hydrogens is 240 g/mol. The molecule has 0 radical (unpaired) electrons. The molecule has 3 rings (SSSR count). The predicted octanol–water partition coefficient (Wildman–Crippen LogP) is 2.37. The lowest BCUT2D eigenvalue weighted by Gasteiger charge is -2.17. The van der Waals surface area contributed by atoms with Gasteiger partial charge in [0.05, 0.1) is 23.1 Å². The van der Waals surface area contributed by atoms with E-state index in [-0.39, 0.29) is 0 Å². The van der Waals surface area contributed by atoms with E-state index in [1.165, 1.54) is 12.8 Å². The van der Waals surface area contributed by atoms with Crippen LogP contribution in [0.4, 0.5) is 11.4 Å². The summed E-state index contributed by atoms with van der Waals surface area (Å²) in [6.45, 7) is 1.79. The molecule has 19 heavy (non-hydrogen) atoms. The number of methoxy groups -OCH3 is 1. The SMILES string of the molecule is COCCC1(CNc2cc3[nH]ncc3cc2N)CC1. The van der Waals surface area contributed by atoms with Gasteiger partial charge in [0, 0.05) is 25.6 Å². The average molecular weight is 260 g/mol. The average Bonchev–Trinajstić information content (AvgIpc) is 3.04. The van der Waals surface area contributed by atoms with Crippen molar-refractivity contribution in [2.75, 3.05) is 31.3 Å². The van der Waals surface area contributed by atoms with Crippen molar-refractivity contribution >= 4 is 22.3 Å². The highest BCUT2D eigenvalue weighted by molar-refractivity contribution is 5.88. The Hall–Kier alpha value is -1.75. The van der Waals surface area contributed by atoms with Crippen LogP contribution in [0.5, 0.6) is 0 Å². The highest BCUT2D eigenvalue weighted by Gasteiger charge is 2.41. The molecule has 4 N–H and O–H groups in total. The zero-order chi connectivity index (χ0) is 13.3. The first-order chi connectivity index (χ1) is 9.22. The van der Waals surface area contributed by atoms with Crippen molar-refractivity contribution in [3.05, 3.63) is 18.3 Å². The van der Waals surface area contributed by atoms with Gasteiger partial charge in [0.15, 0.2) is 0 Å². The number of hydrogen-bond acceptors (Lipinski definition) is 4. The Morgan fingerprint density at radius 3 is 3.05 bits per heavy atom. The summed E-state index contributed by atoms with van der Waals surface area (Å²) in [5.41, 5.74) is 9.25. The number of ether oxygens (including phenoxy) is 1. The van der Waals surface area contributed by atoms with Crippen LogP contribution in [0.15, 0.2) is 18.3 Å². The van der Waals surface area contributed by atoms with Crippen molar-refractivity contribution in [1.82, 2.24) is 10.2 Å². The van der Waals surface area contributed by atoms with E-state index in [0.717, 1.165) is 41.9 Å². The van der Waals surface area contributed by atoms with E-state index in [0.29, 0.717) is 5.41 Å². The van der Waals surface area contributed by atoms with Crippen molar-refractivity contribution in [3.8, 4) is 0 Å². The second-order valence-electron chi connectivity index (χ2n) is 5.49. The van der Waals surface area contributed by atoms with E-state index < -0.39 is 0 Å². The maximum absolute atomic E-state index is 6.07. The Labute approximate surface area is 112 Å². The highest BCUT2D eigenvalue weighted by atomic mass is 16.5. The normalized spacial score (nSPS) is 16.7. The van der Waals surface area contributed by atoms with Crippen LogP contribution in [-0.2, 0) is 4.74 Å². The number of nitrogen functional groups attached to an aromatic ring is 1. The second kappa shape index (κ2) is 4.74. The molecule has 0 spiro atoms. The van der Waals surface area contributed by atoms with E-state index in [9.17, 15) is 0 Å². The molecule has 5 nitrogen and oxygen atoms in total. The minimum absolute atomic E-state index is 0.408. The lowest BCUT2D eigenvalue weighted by molar-refractivity contribution is 0.175. The molecule has 0 atom stereocenters. The number of nitrogens with two attached hydrogens (primary N) is 1. The Bertz CT molecular complexity index is 574. The first-order valence-corrected chi connectivity index (χ1v) is 6.68. The van der Waals surface area contributed by atoms with E-state index in [1.807, 2.05) is 12.1 Å². The van der Waals surface area contributed by atoms with Gasteiger partial charge in [-0.2, -0.15) is 5.10 Å². The number of aromatic amines is 1. The van der Waals surface area contributed by atoms with Crippen LogP contribution in [0.2, 0.25) is 0 Å². The fourth-order valence-electron chi connectivity index (χ4n) is 2.46. The zero-order valence-corrected chi connectivity index (χ0v) is 11.2. The van der Waals surface area contributed by atoms with Gasteiger partial charge in [-0.15, -0.1) is 0 Å². The molecule has 1 heterocycles. The summed E-state index contributed by atoms with van der Waals surface area (Å²) >= 11 is 0. The summed E-state index contributed by atoms with van der Waals surface area (Å²) in [5, 5.41) is 11.5. The Morgan fingerprint density at radius 2 is 2.32 bits per heavy atom. The van der Waals surface area contributed by atoms with Gasteiger partial charge in [-0.1, -0.05) is 0 Å². The quantitative estimate of drug-likeness (QED) is 0.697. The number of anilines is 2. The molecule has 1 aromatic heterocycles. The lowest BCUT2D eigenvalue weighted by Crippen LogP contribution is -2.17. The van der Waals surface area contributed by atoms with Gasteiger partial charge < -0.3 is 15.8 Å². The molecule has 102 valence electrons. The standard InChI is InChI=1S/C14H20N4O/c1-19-5-4-14(2-3-14)9-16-13-7-12-10(6-11(13)15)8-17-18-12/h6-8,16H,2-5,9,15H2,1H3,(H,17,18). The number of hydrogen-bond donors (Lipinski definition) is 3. The minimum atomic E-state index is 0.408. The monoisotopic (exact) mass is 260 g/mol. The van der Waals surface area contributed by atoms with Crippen molar-refractivity contribution in [3.63, 3.8) is 0 Å². The van der Waals surface area contributed by atoms with Gasteiger partial charge in [0.25, 0.3) is 0 Å². The third kappa shape index (κ3) is 2.51. The number of benzene rings is 1. The van der Waals surface area contributed by atoms with Crippen molar-refractivity contribution in [1.29, 1.82) is 0 Å². The fraction of sp³-hybridized carbons (Fsp3) is 0.500. The van der Waals surface area contributed by atoms with Crippen molar-refractivity contribution < 1.29 is 4.74 Å². The lowest BCUT2D eigenvalue weighted by atomic mass is 10.0. The molecule has 1 aliphatic rings. The molecule has 0 bridgehead atoms. The minimum Gasteiger partial charge on any atom is -0.397 e. The maximum atomic E-state index is 6.07. The number of rotatable bonds is 6. The van der Waals surface area contributed by atoms with Gasteiger partial charge in [-0.3, -0.25) is 5.10 Å². The molecule has 0 saturated heterocycles. The summed E-state index contributed by atoms with van der Waals surface area (Å²) in [5.74, 6) is 0. The van der Waals surface area contributed by atoms with Gasteiger partial charge in [-0.25, -0.2) is 0 Å². The van der Waals surface area contributed by atoms with Crippen LogP contribution in [0.3, 0.4) is 0 Å². The summed E-state index contributed by atoms with van der Waals surface area (Å²) in [7, 11) is 1.76. The third-order valence-electron chi connectivity index (χ3n) is 4.06. The fourth-order valence-corrected chi connectivity index (χ4v) is 2.46. The maximum Gasteiger partial charge on any atom is 0.0672 e. The van der Waals surface area contributed by atoms with Gasteiger partial charge in [-0.05, 0) is 36.8 Å². The smallest absolute Gasteiger partial charge is 0.0672 e. The molecular formula is C14H20N4O. The van der Waals surface area contributed by atoms with E-state index >= 15 is 0 Å². The van der Waals surface area contributed by atoms with E-state index in [4.69, 9.17) is 10.5 Å². The predicted molar refractivity (Wildman–Crippen MR) is 77.2 cm³/mol. The van der Waals surface area contributed by atoms with Crippen LogP contribution in [0, 0.1) is 5.41 Å². The Balaban J connectivity index is 1.69. The molecule has 0 aliphatic heterocycles.